The third-order valence-electron chi connectivity index (χ3n) is 2.29. The highest BCUT2D eigenvalue weighted by Gasteiger charge is 2.11. The number of benzene rings is 1. The topological polar surface area (TPSA) is 38.3 Å². The summed E-state index contributed by atoms with van der Waals surface area (Å²) in [7, 11) is 0. The van der Waals surface area contributed by atoms with Gasteiger partial charge in [0.05, 0.1) is 6.61 Å². The quantitative estimate of drug-likeness (QED) is 0.794. The van der Waals surface area contributed by atoms with Gasteiger partial charge in [-0.25, -0.2) is 5.48 Å². The Hall–Kier alpha value is -1.35. The van der Waals surface area contributed by atoms with Gasteiger partial charge in [-0.1, -0.05) is 32.0 Å². The van der Waals surface area contributed by atoms with Crippen LogP contribution in [0.25, 0.3) is 0 Å². The molecule has 3 nitrogen and oxygen atoms in total. The average Bonchev–Trinajstić information content (AvgIpc) is 2.16. The van der Waals surface area contributed by atoms with Gasteiger partial charge in [-0.2, -0.15) is 0 Å². The molecular weight excluding hydrogens is 202 g/mol. The molecule has 16 heavy (non-hydrogen) atoms. The van der Waals surface area contributed by atoms with Crippen molar-refractivity contribution in [1.82, 2.24) is 5.48 Å². The van der Waals surface area contributed by atoms with E-state index in [2.05, 4.69) is 5.48 Å². The predicted molar refractivity (Wildman–Crippen MR) is 64.2 cm³/mol. The van der Waals surface area contributed by atoms with Crippen molar-refractivity contribution in [2.45, 2.75) is 27.7 Å². The molecule has 0 aliphatic carbocycles. The van der Waals surface area contributed by atoms with E-state index in [1.807, 2.05) is 45.9 Å². The lowest BCUT2D eigenvalue weighted by Gasteiger charge is -2.11. The van der Waals surface area contributed by atoms with E-state index >= 15 is 0 Å². The molecule has 0 radical (unpaired) electrons. The fourth-order valence-electron chi connectivity index (χ4n) is 1.50. The van der Waals surface area contributed by atoms with E-state index in [1.54, 1.807) is 0 Å². The maximum atomic E-state index is 11.8. The summed E-state index contributed by atoms with van der Waals surface area (Å²) in [6, 6.07) is 5.78. The lowest BCUT2D eigenvalue weighted by atomic mass is 10.0. The Balaban J connectivity index is 2.66. The first-order chi connectivity index (χ1) is 7.52. The fourth-order valence-corrected chi connectivity index (χ4v) is 1.50. The summed E-state index contributed by atoms with van der Waals surface area (Å²) >= 11 is 0. The van der Waals surface area contributed by atoms with Crippen molar-refractivity contribution in [2.75, 3.05) is 6.61 Å². The summed E-state index contributed by atoms with van der Waals surface area (Å²) in [5.74, 6) is 0.231. The van der Waals surface area contributed by atoms with Crippen LogP contribution in [0.5, 0.6) is 0 Å². The van der Waals surface area contributed by atoms with E-state index in [1.165, 1.54) is 0 Å². The number of hydroxylamine groups is 1. The molecule has 88 valence electrons. The fraction of sp³-hybridized carbons (Fsp3) is 0.462. The lowest BCUT2D eigenvalue weighted by molar-refractivity contribution is 0.0207. The molecule has 1 rings (SSSR count). The number of rotatable bonds is 4. The molecule has 0 fully saturated rings. The molecule has 0 bridgehead atoms. The zero-order valence-electron chi connectivity index (χ0n) is 10.3. The van der Waals surface area contributed by atoms with Gasteiger partial charge in [0.1, 0.15) is 0 Å². The van der Waals surface area contributed by atoms with Crippen molar-refractivity contribution in [3.8, 4) is 0 Å². The molecule has 3 heteroatoms. The van der Waals surface area contributed by atoms with Crippen molar-refractivity contribution in [3.63, 3.8) is 0 Å². The molecule has 0 saturated carbocycles. The van der Waals surface area contributed by atoms with Crippen molar-refractivity contribution in [3.05, 3.63) is 34.9 Å². The minimum Gasteiger partial charge on any atom is -0.273 e. The Morgan fingerprint density at radius 3 is 2.38 bits per heavy atom. The minimum absolute atomic E-state index is 0.170. The Kier molecular flexibility index (Phi) is 4.50. The second kappa shape index (κ2) is 5.66. The molecule has 0 unspecified atom stereocenters. The van der Waals surface area contributed by atoms with Gasteiger partial charge < -0.3 is 0 Å². The van der Waals surface area contributed by atoms with Gasteiger partial charge in [0.2, 0.25) is 0 Å². The van der Waals surface area contributed by atoms with Crippen LogP contribution in [-0.4, -0.2) is 12.5 Å². The van der Waals surface area contributed by atoms with Gasteiger partial charge in [0.15, 0.2) is 0 Å². The molecule has 0 atom stereocenters. The summed E-state index contributed by atoms with van der Waals surface area (Å²) in [6.45, 7) is 8.43. The highest BCUT2D eigenvalue weighted by molar-refractivity contribution is 5.96. The summed E-state index contributed by atoms with van der Waals surface area (Å²) in [6.07, 6.45) is 0. The van der Waals surface area contributed by atoms with Gasteiger partial charge in [-0.05, 0) is 30.9 Å². The smallest absolute Gasteiger partial charge is 0.273 e. The van der Waals surface area contributed by atoms with Crippen LogP contribution in [0.1, 0.15) is 35.3 Å². The van der Waals surface area contributed by atoms with Gasteiger partial charge in [0.25, 0.3) is 5.91 Å². The summed E-state index contributed by atoms with van der Waals surface area (Å²) in [4.78, 5) is 17.0. The van der Waals surface area contributed by atoms with Crippen molar-refractivity contribution >= 4 is 5.91 Å². The zero-order chi connectivity index (χ0) is 12.1. The Morgan fingerprint density at radius 1 is 1.31 bits per heavy atom. The summed E-state index contributed by atoms with van der Waals surface area (Å²) in [5, 5.41) is 0. The first-order valence-electron chi connectivity index (χ1n) is 5.50. The molecule has 0 heterocycles. The van der Waals surface area contributed by atoms with Crippen LogP contribution in [0.2, 0.25) is 0 Å². The van der Waals surface area contributed by atoms with Crippen molar-refractivity contribution in [1.29, 1.82) is 0 Å². The standard InChI is InChI=1S/C13H19NO2/c1-9(2)8-16-14-13(15)12-10(3)6-5-7-11(12)4/h5-7,9H,8H2,1-4H3,(H,14,15). The Morgan fingerprint density at radius 2 is 1.88 bits per heavy atom. The molecule has 0 aliphatic heterocycles. The van der Waals surface area contributed by atoms with E-state index in [-0.39, 0.29) is 5.91 Å². The molecule has 1 N–H and O–H groups in total. The zero-order valence-corrected chi connectivity index (χ0v) is 10.3. The molecule has 0 aliphatic rings. The Bertz CT molecular complexity index is 352. The van der Waals surface area contributed by atoms with E-state index in [0.29, 0.717) is 18.1 Å². The third kappa shape index (κ3) is 3.35. The van der Waals surface area contributed by atoms with Crippen molar-refractivity contribution in [2.24, 2.45) is 5.92 Å². The lowest BCUT2D eigenvalue weighted by Crippen LogP contribution is -2.26. The first kappa shape index (κ1) is 12.7. The van der Waals surface area contributed by atoms with Crippen LogP contribution in [0.3, 0.4) is 0 Å². The number of hydrogen-bond acceptors (Lipinski definition) is 2. The monoisotopic (exact) mass is 221 g/mol. The maximum Gasteiger partial charge on any atom is 0.275 e. The normalized spacial score (nSPS) is 10.6. The third-order valence-corrected chi connectivity index (χ3v) is 2.29. The predicted octanol–water partition coefficient (Wildman–Crippen LogP) is 2.62. The SMILES string of the molecule is Cc1cccc(C)c1C(=O)NOCC(C)C. The number of carbonyl (C=O) groups excluding carboxylic acids is 1. The molecule has 0 aromatic heterocycles. The van der Waals surface area contributed by atoms with Gasteiger partial charge >= 0.3 is 0 Å². The van der Waals surface area contributed by atoms with Crippen molar-refractivity contribution < 1.29 is 9.63 Å². The molecule has 1 aromatic rings. The molecule has 0 spiro atoms. The van der Waals surface area contributed by atoms with Gasteiger partial charge in [-0.3, -0.25) is 9.63 Å². The van der Waals surface area contributed by atoms with Crippen LogP contribution in [0.4, 0.5) is 0 Å². The first-order valence-corrected chi connectivity index (χ1v) is 5.50. The second-order valence-electron chi connectivity index (χ2n) is 4.40. The number of hydrogen-bond donors (Lipinski definition) is 1. The number of amides is 1. The molecular formula is C13H19NO2. The highest BCUT2D eigenvalue weighted by Crippen LogP contribution is 2.12. The maximum absolute atomic E-state index is 11.8. The van der Waals surface area contributed by atoms with Crippen LogP contribution in [0, 0.1) is 19.8 Å². The number of nitrogens with one attached hydrogen (secondary N) is 1. The summed E-state index contributed by atoms with van der Waals surface area (Å²) in [5.41, 5.74) is 5.10. The van der Waals surface area contributed by atoms with Gasteiger partial charge in [-0.15, -0.1) is 0 Å². The van der Waals surface area contributed by atoms with E-state index in [4.69, 9.17) is 4.84 Å². The molecule has 0 saturated heterocycles. The van der Waals surface area contributed by atoms with Crippen LogP contribution >= 0.6 is 0 Å². The summed E-state index contributed by atoms with van der Waals surface area (Å²) < 4.78 is 0. The molecule has 1 aromatic carbocycles. The van der Waals surface area contributed by atoms with E-state index in [9.17, 15) is 4.79 Å². The van der Waals surface area contributed by atoms with Crippen LogP contribution in [-0.2, 0) is 4.84 Å². The number of carbonyl (C=O) groups is 1. The largest absolute Gasteiger partial charge is 0.275 e. The van der Waals surface area contributed by atoms with Crippen LogP contribution in [0.15, 0.2) is 18.2 Å². The number of aryl methyl sites for hydroxylation is 2. The second-order valence-corrected chi connectivity index (χ2v) is 4.40. The van der Waals surface area contributed by atoms with E-state index < -0.39 is 0 Å². The highest BCUT2D eigenvalue weighted by atomic mass is 16.6. The van der Waals surface area contributed by atoms with Crippen LogP contribution < -0.4 is 5.48 Å². The minimum atomic E-state index is -0.170. The van der Waals surface area contributed by atoms with E-state index in [0.717, 1.165) is 11.1 Å². The average molecular weight is 221 g/mol. The molecule has 1 amide bonds. The van der Waals surface area contributed by atoms with Gasteiger partial charge in [0, 0.05) is 5.56 Å². The Labute approximate surface area is 96.8 Å².